The van der Waals surface area contributed by atoms with Crippen LogP contribution in [-0.4, -0.2) is 16.1 Å². The van der Waals surface area contributed by atoms with E-state index < -0.39 is 0 Å². The molecule has 3 nitrogen and oxygen atoms in total. The van der Waals surface area contributed by atoms with Gasteiger partial charge in [0.1, 0.15) is 11.5 Å². The zero-order valence-electron chi connectivity index (χ0n) is 11.4. The lowest BCUT2D eigenvalue weighted by molar-refractivity contribution is 0.112. The fourth-order valence-electron chi connectivity index (χ4n) is 2.18. The molecule has 0 amide bonds. The van der Waals surface area contributed by atoms with E-state index in [1.165, 1.54) is 17.0 Å². The summed E-state index contributed by atoms with van der Waals surface area (Å²) in [6.45, 7) is 2.45. The molecule has 21 heavy (non-hydrogen) atoms. The highest BCUT2D eigenvalue weighted by Gasteiger charge is 2.12. The van der Waals surface area contributed by atoms with E-state index >= 15 is 0 Å². The average molecular weight is 300 g/mol. The second-order valence-corrected chi connectivity index (χ2v) is 6.08. The van der Waals surface area contributed by atoms with Crippen LogP contribution in [-0.2, 0) is 6.54 Å². The number of halogens is 1. The van der Waals surface area contributed by atoms with Crippen molar-refractivity contribution in [3.8, 4) is 10.6 Å². The summed E-state index contributed by atoms with van der Waals surface area (Å²) in [5.41, 5.74) is 2.04. The molecule has 0 atom stereocenters. The van der Waals surface area contributed by atoms with Crippen molar-refractivity contribution in [2.45, 2.75) is 13.5 Å². The Morgan fingerprint density at radius 2 is 2.19 bits per heavy atom. The highest BCUT2D eigenvalue weighted by molar-refractivity contribution is 7.15. The molecule has 3 rings (SSSR count). The minimum absolute atomic E-state index is 0.274. The number of benzene rings is 1. The van der Waals surface area contributed by atoms with Gasteiger partial charge in [0.15, 0.2) is 6.29 Å². The summed E-state index contributed by atoms with van der Waals surface area (Å²) in [6, 6.07) is 10.3. The Balaban J connectivity index is 1.94. The highest BCUT2D eigenvalue weighted by atomic mass is 32.1. The Morgan fingerprint density at radius 1 is 1.33 bits per heavy atom. The first-order valence-corrected chi connectivity index (χ1v) is 7.31. The number of carbonyl (C=O) groups is 1. The van der Waals surface area contributed by atoms with Crippen molar-refractivity contribution in [2.24, 2.45) is 0 Å². The molecule has 0 aliphatic rings. The van der Waals surface area contributed by atoms with Crippen LogP contribution in [0.1, 0.15) is 20.8 Å². The van der Waals surface area contributed by atoms with Crippen LogP contribution in [0.2, 0.25) is 0 Å². The van der Waals surface area contributed by atoms with Gasteiger partial charge in [-0.25, -0.2) is 4.39 Å². The number of aromatic nitrogens is 2. The minimum Gasteiger partial charge on any atom is -0.298 e. The van der Waals surface area contributed by atoms with Gasteiger partial charge in [-0.3, -0.25) is 9.48 Å². The van der Waals surface area contributed by atoms with E-state index in [1.807, 2.05) is 25.1 Å². The number of hydrogen-bond donors (Lipinski definition) is 0. The molecule has 0 spiro atoms. The average Bonchev–Trinajstić information content (AvgIpc) is 3.05. The lowest BCUT2D eigenvalue weighted by Gasteiger charge is -2.01. The standard InChI is InChI=1S/C16H13FN2OS/c1-11-5-6-15(21-11)16-13(10-20)9-19(18-16)8-12-3-2-4-14(17)7-12/h2-7,9-10H,8H2,1H3. The van der Waals surface area contributed by atoms with E-state index in [4.69, 9.17) is 0 Å². The quantitative estimate of drug-likeness (QED) is 0.684. The summed E-state index contributed by atoms with van der Waals surface area (Å²) in [6.07, 6.45) is 2.50. The molecule has 0 saturated heterocycles. The van der Waals surface area contributed by atoms with Gasteiger partial charge in [0, 0.05) is 11.1 Å². The second-order valence-electron chi connectivity index (χ2n) is 4.79. The SMILES string of the molecule is Cc1ccc(-c2nn(Cc3cccc(F)c3)cc2C=O)s1. The van der Waals surface area contributed by atoms with Crippen LogP contribution >= 0.6 is 11.3 Å². The van der Waals surface area contributed by atoms with Gasteiger partial charge in [-0.15, -0.1) is 11.3 Å². The van der Waals surface area contributed by atoms with Gasteiger partial charge >= 0.3 is 0 Å². The number of thiophene rings is 1. The molecule has 2 heterocycles. The molecule has 0 fully saturated rings. The first-order valence-electron chi connectivity index (χ1n) is 6.49. The van der Waals surface area contributed by atoms with Crippen molar-refractivity contribution in [1.29, 1.82) is 0 Å². The molecule has 3 aromatic rings. The van der Waals surface area contributed by atoms with Crippen molar-refractivity contribution >= 4 is 17.6 Å². The summed E-state index contributed by atoms with van der Waals surface area (Å²) in [4.78, 5) is 13.4. The van der Waals surface area contributed by atoms with Gasteiger partial charge in [-0.2, -0.15) is 5.10 Å². The van der Waals surface area contributed by atoms with Gasteiger partial charge in [-0.05, 0) is 36.8 Å². The van der Waals surface area contributed by atoms with Crippen molar-refractivity contribution in [3.05, 3.63) is 64.4 Å². The lowest BCUT2D eigenvalue weighted by Crippen LogP contribution is -2.00. The second kappa shape index (κ2) is 5.61. The van der Waals surface area contributed by atoms with Crippen molar-refractivity contribution in [2.75, 3.05) is 0 Å². The van der Waals surface area contributed by atoms with Crippen LogP contribution in [0.15, 0.2) is 42.6 Å². The van der Waals surface area contributed by atoms with Crippen molar-refractivity contribution < 1.29 is 9.18 Å². The molecule has 2 aromatic heterocycles. The maximum Gasteiger partial charge on any atom is 0.153 e. The fourth-order valence-corrected chi connectivity index (χ4v) is 3.05. The Morgan fingerprint density at radius 3 is 2.86 bits per heavy atom. The largest absolute Gasteiger partial charge is 0.298 e. The first kappa shape index (κ1) is 13.7. The zero-order chi connectivity index (χ0) is 14.8. The van der Waals surface area contributed by atoms with Crippen molar-refractivity contribution in [1.82, 2.24) is 9.78 Å². The molecule has 0 radical (unpaired) electrons. The number of hydrogen-bond acceptors (Lipinski definition) is 3. The molecular formula is C16H13FN2OS. The molecule has 1 aromatic carbocycles. The number of rotatable bonds is 4. The molecule has 0 unspecified atom stereocenters. The first-order chi connectivity index (χ1) is 10.2. The fraction of sp³-hybridized carbons (Fsp3) is 0.125. The third-order valence-electron chi connectivity index (χ3n) is 3.12. The van der Waals surface area contributed by atoms with E-state index in [9.17, 15) is 9.18 Å². The zero-order valence-corrected chi connectivity index (χ0v) is 12.2. The van der Waals surface area contributed by atoms with Crippen LogP contribution < -0.4 is 0 Å². The third-order valence-corrected chi connectivity index (χ3v) is 4.13. The summed E-state index contributed by atoms with van der Waals surface area (Å²) in [7, 11) is 0. The maximum absolute atomic E-state index is 13.2. The number of aldehydes is 1. The highest BCUT2D eigenvalue weighted by Crippen LogP contribution is 2.28. The van der Waals surface area contributed by atoms with Crippen LogP contribution in [0.4, 0.5) is 4.39 Å². The molecule has 5 heteroatoms. The van der Waals surface area contributed by atoms with Gasteiger partial charge in [0.05, 0.1) is 17.0 Å². The Hall–Kier alpha value is -2.27. The van der Waals surface area contributed by atoms with Crippen LogP contribution in [0.3, 0.4) is 0 Å². The van der Waals surface area contributed by atoms with E-state index in [0.29, 0.717) is 17.8 Å². The van der Waals surface area contributed by atoms with E-state index in [2.05, 4.69) is 5.10 Å². The van der Waals surface area contributed by atoms with Gasteiger partial charge < -0.3 is 0 Å². The lowest BCUT2D eigenvalue weighted by atomic mass is 10.2. The van der Waals surface area contributed by atoms with Gasteiger partial charge in [0.25, 0.3) is 0 Å². The molecule has 0 bridgehead atoms. The van der Waals surface area contributed by atoms with Crippen LogP contribution in [0, 0.1) is 12.7 Å². The Labute approximate surface area is 125 Å². The van der Waals surface area contributed by atoms with Crippen molar-refractivity contribution in [3.63, 3.8) is 0 Å². The number of carbonyl (C=O) groups excluding carboxylic acids is 1. The molecular weight excluding hydrogens is 287 g/mol. The summed E-state index contributed by atoms with van der Waals surface area (Å²) in [5.74, 6) is -0.274. The molecule has 0 aliphatic carbocycles. The monoisotopic (exact) mass is 300 g/mol. The summed E-state index contributed by atoms with van der Waals surface area (Å²) < 4.78 is 14.9. The Bertz CT molecular complexity index is 791. The minimum atomic E-state index is -0.274. The number of nitrogens with zero attached hydrogens (tertiary/aromatic N) is 2. The van der Waals surface area contributed by atoms with E-state index in [1.54, 1.807) is 28.3 Å². The summed E-state index contributed by atoms with van der Waals surface area (Å²) >= 11 is 1.60. The van der Waals surface area contributed by atoms with Gasteiger partial charge in [-0.1, -0.05) is 12.1 Å². The van der Waals surface area contributed by atoms with Gasteiger partial charge in [0.2, 0.25) is 0 Å². The molecule has 0 aliphatic heterocycles. The topological polar surface area (TPSA) is 34.9 Å². The van der Waals surface area contributed by atoms with E-state index in [-0.39, 0.29) is 5.82 Å². The van der Waals surface area contributed by atoms with Crippen LogP contribution in [0.5, 0.6) is 0 Å². The normalized spacial score (nSPS) is 10.8. The summed E-state index contributed by atoms with van der Waals surface area (Å²) in [5, 5.41) is 4.46. The van der Waals surface area contributed by atoms with E-state index in [0.717, 1.165) is 16.7 Å². The maximum atomic E-state index is 13.2. The smallest absolute Gasteiger partial charge is 0.153 e. The molecule has 0 N–H and O–H groups in total. The Kier molecular flexibility index (Phi) is 3.66. The predicted octanol–water partition coefficient (Wildman–Crippen LogP) is 3.92. The molecule has 106 valence electrons. The third kappa shape index (κ3) is 2.92. The predicted molar refractivity (Wildman–Crippen MR) is 81.2 cm³/mol. The molecule has 0 saturated carbocycles. The van der Waals surface area contributed by atoms with Crippen LogP contribution in [0.25, 0.3) is 10.6 Å². The number of aryl methyl sites for hydroxylation is 1.